The van der Waals surface area contributed by atoms with Crippen LogP contribution in [0.25, 0.3) is 0 Å². The van der Waals surface area contributed by atoms with E-state index in [1.807, 2.05) is 30.3 Å². The lowest BCUT2D eigenvalue weighted by Crippen LogP contribution is -2.59. The largest absolute Gasteiger partial charge is 0.481 e. The molecule has 0 radical (unpaired) electrons. The molecule has 0 saturated heterocycles. The Hall–Kier alpha value is -3.47. The molecule has 7 N–H and O–H groups in total. The Morgan fingerprint density at radius 2 is 1.34 bits per heavy atom. The second-order valence-corrected chi connectivity index (χ2v) is 9.09. The van der Waals surface area contributed by atoms with E-state index in [0.29, 0.717) is 0 Å². The molecule has 35 heavy (non-hydrogen) atoms. The summed E-state index contributed by atoms with van der Waals surface area (Å²) >= 11 is 0. The van der Waals surface area contributed by atoms with Crippen LogP contribution >= 0.6 is 0 Å². The monoisotopic (exact) mass is 492 g/mol. The maximum Gasteiger partial charge on any atom is 0.326 e. The third-order valence-electron chi connectivity index (χ3n) is 5.39. The maximum atomic E-state index is 13.0. The minimum atomic E-state index is -1.31. The van der Waals surface area contributed by atoms with Gasteiger partial charge in [0.05, 0.1) is 6.04 Å². The van der Waals surface area contributed by atoms with Crippen LogP contribution in [-0.4, -0.2) is 64.0 Å². The number of carboxylic acid groups (broad SMARTS) is 2. The Labute approximate surface area is 204 Å². The number of aliphatic carboxylic acids is 2. The number of rotatable bonds is 14. The van der Waals surface area contributed by atoms with Crippen LogP contribution in [0, 0.1) is 11.8 Å². The number of benzene rings is 1. The van der Waals surface area contributed by atoms with Crippen molar-refractivity contribution in [2.45, 2.75) is 71.1 Å². The van der Waals surface area contributed by atoms with Crippen molar-refractivity contribution in [3.05, 3.63) is 35.9 Å². The molecule has 0 saturated carbocycles. The zero-order chi connectivity index (χ0) is 26.7. The average Bonchev–Trinajstić information content (AvgIpc) is 2.77. The van der Waals surface area contributed by atoms with Gasteiger partial charge in [-0.1, -0.05) is 58.0 Å². The first-order chi connectivity index (χ1) is 16.3. The van der Waals surface area contributed by atoms with Gasteiger partial charge in [-0.15, -0.1) is 0 Å². The fourth-order valence-electron chi connectivity index (χ4n) is 3.32. The summed E-state index contributed by atoms with van der Waals surface area (Å²) in [6.45, 7) is 6.59. The highest BCUT2D eigenvalue weighted by atomic mass is 16.4. The molecule has 0 aliphatic carbocycles. The Morgan fingerprint density at radius 1 is 0.800 bits per heavy atom. The Bertz CT molecular complexity index is 889. The lowest BCUT2D eigenvalue weighted by atomic mass is 10.00. The topological polar surface area (TPSA) is 188 Å². The second kappa shape index (κ2) is 14.1. The first kappa shape index (κ1) is 29.6. The lowest BCUT2D eigenvalue weighted by Gasteiger charge is -2.27. The number of hydrogen-bond donors (Lipinski definition) is 6. The molecular weight excluding hydrogens is 456 g/mol. The Kier molecular flexibility index (Phi) is 11.9. The van der Waals surface area contributed by atoms with Gasteiger partial charge >= 0.3 is 11.9 Å². The summed E-state index contributed by atoms with van der Waals surface area (Å²) in [7, 11) is 0. The normalized spacial score (nSPS) is 14.5. The van der Waals surface area contributed by atoms with E-state index in [-0.39, 0.29) is 18.8 Å². The van der Waals surface area contributed by atoms with Crippen molar-refractivity contribution < 1.29 is 34.2 Å². The minimum absolute atomic E-state index is 0.258. The molecule has 1 aromatic carbocycles. The van der Waals surface area contributed by atoms with E-state index in [2.05, 4.69) is 16.0 Å². The average molecular weight is 493 g/mol. The third kappa shape index (κ3) is 10.1. The van der Waals surface area contributed by atoms with Crippen LogP contribution in [0.1, 0.15) is 46.1 Å². The van der Waals surface area contributed by atoms with E-state index < -0.39 is 66.2 Å². The van der Waals surface area contributed by atoms with Crippen LogP contribution in [0.3, 0.4) is 0 Å². The van der Waals surface area contributed by atoms with Gasteiger partial charge in [-0.25, -0.2) is 4.79 Å². The van der Waals surface area contributed by atoms with Gasteiger partial charge in [0.25, 0.3) is 0 Å². The summed E-state index contributed by atoms with van der Waals surface area (Å²) < 4.78 is 0. The standard InChI is InChI=1S/C24H36N4O7/c1-13(2)19(27-21(31)16(25)12-15-8-6-5-7-9-15)23(33)26-17(10-11-18(29)30)22(32)28-20(14(3)4)24(34)35/h5-9,13-14,16-17,19-20H,10-12,25H2,1-4H3,(H,26,33)(H,27,31)(H,28,32)(H,29,30)(H,34,35). The van der Waals surface area contributed by atoms with E-state index in [1.54, 1.807) is 27.7 Å². The van der Waals surface area contributed by atoms with Gasteiger partial charge in [0, 0.05) is 6.42 Å². The number of amides is 3. The van der Waals surface area contributed by atoms with Gasteiger partial charge in [-0.2, -0.15) is 0 Å². The summed E-state index contributed by atoms with van der Waals surface area (Å²) in [5.74, 6) is -5.35. The molecule has 11 nitrogen and oxygen atoms in total. The summed E-state index contributed by atoms with van der Waals surface area (Å²) in [6, 6.07) is 4.63. The van der Waals surface area contributed by atoms with Crippen LogP contribution < -0.4 is 21.7 Å². The SMILES string of the molecule is CC(C)C(NC(=O)C(CCC(=O)O)NC(=O)C(NC(=O)C(N)Cc1ccccc1)C(C)C)C(=O)O. The van der Waals surface area contributed by atoms with E-state index >= 15 is 0 Å². The highest BCUT2D eigenvalue weighted by Gasteiger charge is 2.32. The highest BCUT2D eigenvalue weighted by Crippen LogP contribution is 2.09. The van der Waals surface area contributed by atoms with E-state index in [4.69, 9.17) is 10.8 Å². The molecule has 4 atom stereocenters. The smallest absolute Gasteiger partial charge is 0.326 e. The lowest BCUT2D eigenvalue weighted by molar-refractivity contribution is -0.144. The van der Waals surface area contributed by atoms with Gasteiger partial charge < -0.3 is 31.9 Å². The molecule has 0 heterocycles. The molecule has 0 fully saturated rings. The second-order valence-electron chi connectivity index (χ2n) is 9.09. The van der Waals surface area contributed by atoms with Crippen molar-refractivity contribution in [3.63, 3.8) is 0 Å². The number of nitrogens with two attached hydrogens (primary N) is 1. The Balaban J connectivity index is 2.95. The predicted octanol–water partition coefficient (Wildman–Crippen LogP) is 0.272. The molecule has 1 aromatic rings. The van der Waals surface area contributed by atoms with Gasteiger partial charge in [0.15, 0.2) is 0 Å². The van der Waals surface area contributed by atoms with Crippen molar-refractivity contribution in [2.75, 3.05) is 0 Å². The van der Waals surface area contributed by atoms with Crippen LogP contribution in [0.5, 0.6) is 0 Å². The maximum absolute atomic E-state index is 13.0. The van der Waals surface area contributed by atoms with Crippen molar-refractivity contribution >= 4 is 29.7 Å². The zero-order valence-electron chi connectivity index (χ0n) is 20.5. The van der Waals surface area contributed by atoms with Gasteiger partial charge in [0.2, 0.25) is 17.7 Å². The van der Waals surface area contributed by atoms with Crippen LogP contribution in [0.15, 0.2) is 30.3 Å². The third-order valence-corrected chi connectivity index (χ3v) is 5.39. The summed E-state index contributed by atoms with van der Waals surface area (Å²) in [6.07, 6.45) is -0.434. The van der Waals surface area contributed by atoms with Gasteiger partial charge in [0.1, 0.15) is 18.1 Å². The van der Waals surface area contributed by atoms with Crippen molar-refractivity contribution in [2.24, 2.45) is 17.6 Å². The molecule has 0 aromatic heterocycles. The molecule has 4 unspecified atom stereocenters. The number of nitrogens with one attached hydrogen (secondary N) is 3. The van der Waals surface area contributed by atoms with Crippen LogP contribution in [0.4, 0.5) is 0 Å². The van der Waals surface area contributed by atoms with Gasteiger partial charge in [-0.05, 0) is 30.2 Å². The molecule has 0 bridgehead atoms. The fourth-order valence-corrected chi connectivity index (χ4v) is 3.32. The zero-order valence-corrected chi connectivity index (χ0v) is 20.5. The molecule has 11 heteroatoms. The predicted molar refractivity (Wildman–Crippen MR) is 128 cm³/mol. The first-order valence-corrected chi connectivity index (χ1v) is 11.5. The molecular formula is C24H36N4O7. The van der Waals surface area contributed by atoms with Crippen molar-refractivity contribution in [3.8, 4) is 0 Å². The molecule has 1 rings (SSSR count). The highest BCUT2D eigenvalue weighted by molar-refractivity contribution is 5.94. The molecule has 3 amide bonds. The summed E-state index contributed by atoms with van der Waals surface area (Å²) in [5, 5.41) is 25.8. The number of carbonyl (C=O) groups excluding carboxylic acids is 3. The molecule has 0 spiro atoms. The van der Waals surface area contributed by atoms with Crippen LogP contribution in [0.2, 0.25) is 0 Å². The fraction of sp³-hybridized carbons (Fsp3) is 0.542. The Morgan fingerprint density at radius 3 is 1.83 bits per heavy atom. The minimum Gasteiger partial charge on any atom is -0.481 e. The first-order valence-electron chi connectivity index (χ1n) is 11.5. The van der Waals surface area contributed by atoms with Crippen molar-refractivity contribution in [1.82, 2.24) is 16.0 Å². The number of hydrogen-bond acceptors (Lipinski definition) is 6. The van der Waals surface area contributed by atoms with Crippen molar-refractivity contribution in [1.29, 1.82) is 0 Å². The van der Waals surface area contributed by atoms with Gasteiger partial charge in [-0.3, -0.25) is 19.2 Å². The quantitative estimate of drug-likeness (QED) is 0.213. The van der Waals surface area contributed by atoms with E-state index in [0.717, 1.165) is 5.56 Å². The summed E-state index contributed by atoms with van der Waals surface area (Å²) in [5.41, 5.74) is 6.86. The number of carbonyl (C=O) groups is 5. The van der Waals surface area contributed by atoms with E-state index in [1.165, 1.54) is 0 Å². The molecule has 0 aliphatic rings. The number of carboxylic acids is 2. The van der Waals surface area contributed by atoms with E-state index in [9.17, 15) is 29.1 Å². The molecule has 194 valence electrons. The summed E-state index contributed by atoms with van der Waals surface area (Å²) in [4.78, 5) is 60.9. The van der Waals surface area contributed by atoms with Crippen LogP contribution in [-0.2, 0) is 30.4 Å². The molecule has 0 aliphatic heterocycles.